The van der Waals surface area contributed by atoms with Gasteiger partial charge in [0.1, 0.15) is 17.2 Å². The van der Waals surface area contributed by atoms with E-state index < -0.39 is 0 Å². The zero-order valence-electron chi connectivity index (χ0n) is 16.5. The van der Waals surface area contributed by atoms with Crippen LogP contribution in [0.25, 0.3) is 16.9 Å². The minimum absolute atomic E-state index is 0.0795. The second kappa shape index (κ2) is 6.62. The predicted octanol–water partition coefficient (Wildman–Crippen LogP) is 6.59. The summed E-state index contributed by atoms with van der Waals surface area (Å²) < 4.78 is 2.20. The number of hydrogen-bond donors (Lipinski definition) is 1. The third-order valence-electron chi connectivity index (χ3n) is 4.37. The lowest BCUT2D eigenvalue weighted by molar-refractivity contribution is 0.302. The van der Waals surface area contributed by atoms with Gasteiger partial charge in [0, 0.05) is 21.8 Å². The summed E-state index contributed by atoms with van der Waals surface area (Å²) in [6, 6.07) is 14.1. The number of hydrogen-bond acceptors (Lipinski definition) is 2. The molecule has 0 saturated carbocycles. The van der Waals surface area contributed by atoms with Gasteiger partial charge < -0.3 is 5.32 Å². The normalized spacial score (nSPS) is 12.6. The number of nitrogens with zero attached hydrogens (tertiary/aromatic N) is 2. The molecular weight excluding hydrogens is 342 g/mol. The fourth-order valence-corrected chi connectivity index (χ4v) is 4.09. The average Bonchev–Trinajstić information content (AvgIpc) is 2.84. The van der Waals surface area contributed by atoms with Crippen molar-refractivity contribution in [2.24, 2.45) is 5.41 Å². The maximum Gasteiger partial charge on any atom is 0.139 e. The summed E-state index contributed by atoms with van der Waals surface area (Å²) in [5, 5.41) is 4.50. The number of fused-ring (bicyclic) bond motifs is 1. The van der Waals surface area contributed by atoms with Gasteiger partial charge in [0.25, 0.3) is 0 Å². The van der Waals surface area contributed by atoms with Crippen molar-refractivity contribution in [3.63, 3.8) is 0 Å². The first-order valence-electron chi connectivity index (χ1n) is 9.08. The van der Waals surface area contributed by atoms with Crippen molar-refractivity contribution in [2.45, 2.75) is 53.5 Å². The molecule has 3 nitrogen and oxygen atoms in total. The minimum atomic E-state index is -0.0795. The summed E-state index contributed by atoms with van der Waals surface area (Å²) in [6.45, 7) is 13.4. The van der Waals surface area contributed by atoms with Gasteiger partial charge in [0.05, 0.1) is 0 Å². The number of nitrogens with one attached hydrogen (secondary N) is 1. The van der Waals surface area contributed by atoms with E-state index in [0.29, 0.717) is 0 Å². The predicted molar refractivity (Wildman–Crippen MR) is 112 cm³/mol. The number of halogens is 1. The Bertz CT molecular complexity index is 932. The molecule has 0 fully saturated rings. The van der Waals surface area contributed by atoms with E-state index in [2.05, 4.69) is 63.4 Å². The highest BCUT2D eigenvalue weighted by Crippen LogP contribution is 2.35. The first-order chi connectivity index (χ1) is 12.1. The molecule has 0 amide bonds. The molecule has 0 radical (unpaired) electrons. The molecule has 2 heterocycles. The van der Waals surface area contributed by atoms with Crippen molar-refractivity contribution in [3.8, 4) is 11.3 Å². The van der Waals surface area contributed by atoms with Crippen LogP contribution in [0.3, 0.4) is 0 Å². The van der Waals surface area contributed by atoms with Crippen LogP contribution in [0.2, 0.25) is 5.02 Å². The van der Waals surface area contributed by atoms with Gasteiger partial charge in [0.2, 0.25) is 0 Å². The fourth-order valence-electron chi connectivity index (χ4n) is 3.90. The summed E-state index contributed by atoms with van der Waals surface area (Å²) in [5.74, 6) is 1.02. The van der Waals surface area contributed by atoms with Crippen LogP contribution >= 0.6 is 11.6 Å². The Morgan fingerprint density at radius 2 is 1.73 bits per heavy atom. The molecule has 138 valence electrons. The zero-order valence-corrected chi connectivity index (χ0v) is 17.3. The van der Waals surface area contributed by atoms with Gasteiger partial charge in [0.15, 0.2) is 0 Å². The van der Waals surface area contributed by atoms with Crippen molar-refractivity contribution < 1.29 is 0 Å². The lowest BCUT2D eigenvalue weighted by Gasteiger charge is -2.34. The molecule has 0 bridgehead atoms. The Hall–Kier alpha value is -2.00. The zero-order chi connectivity index (χ0) is 19.1. The summed E-state index contributed by atoms with van der Waals surface area (Å²) in [6.07, 6.45) is 1.04. The Labute approximate surface area is 161 Å². The van der Waals surface area contributed by atoms with E-state index in [1.807, 2.05) is 30.3 Å². The van der Waals surface area contributed by atoms with Gasteiger partial charge >= 0.3 is 0 Å². The Morgan fingerprint density at radius 1 is 1.04 bits per heavy atom. The highest BCUT2D eigenvalue weighted by molar-refractivity contribution is 6.30. The third-order valence-corrected chi connectivity index (χ3v) is 4.60. The number of aromatic nitrogens is 2. The van der Waals surface area contributed by atoms with Crippen LogP contribution in [0.15, 0.2) is 42.5 Å². The first kappa shape index (κ1) is 18.8. The molecule has 26 heavy (non-hydrogen) atoms. The molecule has 1 aromatic carbocycles. The lowest BCUT2D eigenvalue weighted by Crippen LogP contribution is -2.36. The van der Waals surface area contributed by atoms with Crippen LogP contribution in [0, 0.1) is 12.3 Å². The van der Waals surface area contributed by atoms with Gasteiger partial charge in [-0.15, -0.1) is 0 Å². The molecule has 0 aliphatic heterocycles. The number of imidazole rings is 1. The average molecular weight is 370 g/mol. The smallest absolute Gasteiger partial charge is 0.139 e. The van der Waals surface area contributed by atoms with Gasteiger partial charge in [-0.2, -0.15) is 0 Å². The summed E-state index contributed by atoms with van der Waals surface area (Å²) in [5.41, 5.74) is 4.19. The highest BCUT2D eigenvalue weighted by Gasteiger charge is 2.28. The first-order valence-corrected chi connectivity index (χ1v) is 9.46. The molecule has 0 atom stereocenters. The summed E-state index contributed by atoms with van der Waals surface area (Å²) >= 11 is 6.24. The SMILES string of the molecule is Cc1cccc2nc(-c3cccc(Cl)c3)c(NC(C)(C)CC(C)(C)C)n12. The molecule has 2 aromatic heterocycles. The molecule has 4 heteroatoms. The van der Waals surface area contributed by atoms with Crippen molar-refractivity contribution in [2.75, 3.05) is 5.32 Å². The van der Waals surface area contributed by atoms with E-state index in [4.69, 9.17) is 16.6 Å². The van der Waals surface area contributed by atoms with Crippen LogP contribution < -0.4 is 5.32 Å². The van der Waals surface area contributed by atoms with Crippen LogP contribution in [0.1, 0.15) is 46.7 Å². The van der Waals surface area contributed by atoms with Crippen molar-refractivity contribution >= 4 is 23.1 Å². The van der Waals surface area contributed by atoms with Crippen molar-refractivity contribution in [1.29, 1.82) is 0 Å². The van der Waals surface area contributed by atoms with E-state index in [-0.39, 0.29) is 11.0 Å². The van der Waals surface area contributed by atoms with E-state index in [1.54, 1.807) is 0 Å². The van der Waals surface area contributed by atoms with Crippen molar-refractivity contribution in [1.82, 2.24) is 9.38 Å². The van der Waals surface area contributed by atoms with Crippen molar-refractivity contribution in [3.05, 3.63) is 53.2 Å². The fraction of sp³-hybridized carbons (Fsp3) is 0.409. The summed E-state index contributed by atoms with van der Waals surface area (Å²) in [7, 11) is 0. The van der Waals surface area contributed by atoms with Crippen LogP contribution in [-0.4, -0.2) is 14.9 Å². The molecule has 0 saturated heterocycles. The Balaban J connectivity index is 2.17. The van der Waals surface area contributed by atoms with Crippen LogP contribution in [0.4, 0.5) is 5.82 Å². The third kappa shape index (κ3) is 4.04. The maximum atomic E-state index is 6.24. The quantitative estimate of drug-likeness (QED) is 0.562. The second-order valence-corrected chi connectivity index (χ2v) is 9.36. The largest absolute Gasteiger partial charge is 0.364 e. The molecule has 0 aliphatic carbocycles. The number of pyridine rings is 1. The highest BCUT2D eigenvalue weighted by atomic mass is 35.5. The number of benzene rings is 1. The summed E-state index contributed by atoms with van der Waals surface area (Å²) in [4.78, 5) is 4.91. The number of rotatable bonds is 4. The Kier molecular flexibility index (Phi) is 4.78. The molecule has 0 spiro atoms. The van der Waals surface area contributed by atoms with Gasteiger partial charge in [-0.1, -0.05) is 50.6 Å². The monoisotopic (exact) mass is 369 g/mol. The number of aryl methyl sites for hydroxylation is 1. The molecule has 0 unspecified atom stereocenters. The van der Waals surface area contributed by atoms with E-state index >= 15 is 0 Å². The molecule has 3 rings (SSSR count). The topological polar surface area (TPSA) is 29.3 Å². The standard InChI is InChI=1S/C22H28ClN3/c1-15-9-7-12-18-24-19(16-10-8-11-17(23)13-16)20(26(15)18)25-22(5,6)14-21(2,3)4/h7-13,25H,14H2,1-6H3. The molecule has 3 aromatic rings. The second-order valence-electron chi connectivity index (χ2n) is 8.93. The lowest BCUT2D eigenvalue weighted by atomic mass is 9.82. The molecule has 0 aliphatic rings. The Morgan fingerprint density at radius 3 is 2.38 bits per heavy atom. The number of anilines is 1. The van der Waals surface area contributed by atoms with Gasteiger partial charge in [-0.3, -0.25) is 4.40 Å². The maximum absolute atomic E-state index is 6.24. The van der Waals surface area contributed by atoms with E-state index in [1.165, 1.54) is 0 Å². The van der Waals surface area contributed by atoms with Crippen LogP contribution in [0.5, 0.6) is 0 Å². The van der Waals surface area contributed by atoms with Crippen LogP contribution in [-0.2, 0) is 0 Å². The van der Waals surface area contributed by atoms with Gasteiger partial charge in [-0.05, 0) is 56.9 Å². The minimum Gasteiger partial charge on any atom is -0.364 e. The van der Waals surface area contributed by atoms with E-state index in [0.717, 1.165) is 39.9 Å². The molecular formula is C22H28ClN3. The molecule has 1 N–H and O–H groups in total. The van der Waals surface area contributed by atoms with Gasteiger partial charge in [-0.25, -0.2) is 4.98 Å². The van der Waals surface area contributed by atoms with E-state index in [9.17, 15) is 0 Å².